The summed E-state index contributed by atoms with van der Waals surface area (Å²) in [5.74, 6) is 1.65. The van der Waals surface area contributed by atoms with Crippen LogP contribution in [0.15, 0.2) is 36.4 Å². The number of halogens is 1. The van der Waals surface area contributed by atoms with Gasteiger partial charge in [0.2, 0.25) is 0 Å². The van der Waals surface area contributed by atoms with Crippen molar-refractivity contribution in [3.05, 3.63) is 52.5 Å². The van der Waals surface area contributed by atoms with Crippen molar-refractivity contribution in [1.29, 1.82) is 0 Å². The Morgan fingerprint density at radius 1 is 0.905 bits per heavy atom. The fourth-order valence-corrected chi connectivity index (χ4v) is 2.42. The van der Waals surface area contributed by atoms with E-state index >= 15 is 0 Å². The van der Waals surface area contributed by atoms with Crippen LogP contribution in [0.1, 0.15) is 17.2 Å². The third-order valence-corrected chi connectivity index (χ3v) is 3.63. The maximum Gasteiger partial charge on any atom is 0.179 e. The van der Waals surface area contributed by atoms with Gasteiger partial charge in [-0.3, -0.25) is 0 Å². The molecule has 0 aliphatic carbocycles. The summed E-state index contributed by atoms with van der Waals surface area (Å²) in [6, 6.07) is 10.6. The van der Waals surface area contributed by atoms with E-state index in [4.69, 9.17) is 25.8 Å². The van der Waals surface area contributed by atoms with Crippen molar-refractivity contribution in [2.45, 2.75) is 6.10 Å². The summed E-state index contributed by atoms with van der Waals surface area (Å²) in [4.78, 5) is 0. The summed E-state index contributed by atoms with van der Waals surface area (Å²) in [5.41, 5.74) is 1.27. The molecule has 0 saturated carbocycles. The number of benzene rings is 2. The molecule has 0 amide bonds. The Kier molecular flexibility index (Phi) is 4.94. The van der Waals surface area contributed by atoms with Crippen LogP contribution in [0.5, 0.6) is 17.2 Å². The van der Waals surface area contributed by atoms with Gasteiger partial charge in [0.25, 0.3) is 0 Å². The molecule has 0 aliphatic heterocycles. The Morgan fingerprint density at radius 3 is 2.10 bits per heavy atom. The van der Waals surface area contributed by atoms with E-state index in [-0.39, 0.29) is 0 Å². The number of ether oxygens (including phenoxy) is 3. The van der Waals surface area contributed by atoms with Crippen LogP contribution >= 0.6 is 11.6 Å². The average Bonchev–Trinajstić information content (AvgIpc) is 2.53. The summed E-state index contributed by atoms with van der Waals surface area (Å²) in [7, 11) is 4.64. The number of rotatable bonds is 5. The van der Waals surface area contributed by atoms with Gasteiger partial charge in [0.05, 0.1) is 26.4 Å². The Morgan fingerprint density at radius 2 is 1.57 bits per heavy atom. The molecule has 2 rings (SSSR count). The van der Waals surface area contributed by atoms with E-state index in [1.807, 2.05) is 0 Å². The molecule has 112 valence electrons. The van der Waals surface area contributed by atoms with Gasteiger partial charge < -0.3 is 19.3 Å². The van der Waals surface area contributed by atoms with Gasteiger partial charge in [-0.1, -0.05) is 29.8 Å². The SMILES string of the molecule is COc1ccc(C(O)c2ccc(OC)c(OC)c2Cl)cc1. The zero-order valence-corrected chi connectivity index (χ0v) is 12.8. The van der Waals surface area contributed by atoms with Crippen LogP contribution in [0, 0.1) is 0 Å². The van der Waals surface area contributed by atoms with Crippen molar-refractivity contribution in [1.82, 2.24) is 0 Å². The number of aliphatic hydroxyl groups excluding tert-OH is 1. The molecule has 0 saturated heterocycles. The highest BCUT2D eigenvalue weighted by Crippen LogP contribution is 2.41. The molecule has 0 fully saturated rings. The minimum Gasteiger partial charge on any atom is -0.497 e. The maximum absolute atomic E-state index is 10.5. The second-order valence-electron chi connectivity index (χ2n) is 4.38. The second-order valence-corrected chi connectivity index (χ2v) is 4.76. The summed E-state index contributed by atoms with van der Waals surface area (Å²) in [5, 5.41) is 10.8. The number of hydrogen-bond donors (Lipinski definition) is 1. The van der Waals surface area contributed by atoms with Crippen LogP contribution in [0.3, 0.4) is 0 Å². The van der Waals surface area contributed by atoms with E-state index < -0.39 is 6.10 Å². The number of hydrogen-bond acceptors (Lipinski definition) is 4. The van der Waals surface area contributed by atoms with Crippen LogP contribution in [-0.4, -0.2) is 26.4 Å². The maximum atomic E-state index is 10.5. The van der Waals surface area contributed by atoms with Gasteiger partial charge in [-0.05, 0) is 23.8 Å². The molecule has 0 aliphatic rings. The monoisotopic (exact) mass is 308 g/mol. The van der Waals surface area contributed by atoms with Crippen LogP contribution in [0.4, 0.5) is 0 Å². The van der Waals surface area contributed by atoms with Gasteiger partial charge in [0, 0.05) is 5.56 Å². The number of methoxy groups -OCH3 is 3. The Bertz CT molecular complexity index is 610. The van der Waals surface area contributed by atoms with Crippen LogP contribution in [0.25, 0.3) is 0 Å². The third-order valence-electron chi connectivity index (χ3n) is 3.24. The minimum atomic E-state index is -0.858. The first-order valence-corrected chi connectivity index (χ1v) is 6.72. The topological polar surface area (TPSA) is 47.9 Å². The van der Waals surface area contributed by atoms with E-state index in [1.54, 1.807) is 43.5 Å². The van der Waals surface area contributed by atoms with Gasteiger partial charge in [0.1, 0.15) is 11.9 Å². The Balaban J connectivity index is 2.40. The predicted octanol–water partition coefficient (Wildman–Crippen LogP) is 3.45. The zero-order chi connectivity index (χ0) is 15.4. The fourth-order valence-electron chi connectivity index (χ4n) is 2.08. The standard InChI is InChI=1S/C16H17ClO4/c1-19-11-6-4-10(5-7-11)15(18)12-8-9-13(20-2)16(21-3)14(12)17/h4-9,15,18H,1-3H3. The summed E-state index contributed by atoms with van der Waals surface area (Å²) in [6.07, 6.45) is -0.858. The van der Waals surface area contributed by atoms with E-state index in [2.05, 4.69) is 0 Å². The molecular weight excluding hydrogens is 292 g/mol. The molecule has 1 N–H and O–H groups in total. The predicted molar refractivity (Wildman–Crippen MR) is 81.6 cm³/mol. The molecule has 5 heteroatoms. The fraction of sp³-hybridized carbons (Fsp3) is 0.250. The molecule has 2 aromatic carbocycles. The van der Waals surface area contributed by atoms with E-state index in [0.717, 1.165) is 5.75 Å². The summed E-state index contributed by atoms with van der Waals surface area (Å²) >= 11 is 6.31. The minimum absolute atomic E-state index is 0.333. The van der Waals surface area contributed by atoms with E-state index in [9.17, 15) is 5.11 Å². The lowest BCUT2D eigenvalue weighted by molar-refractivity contribution is 0.219. The van der Waals surface area contributed by atoms with Gasteiger partial charge in [-0.15, -0.1) is 0 Å². The number of aliphatic hydroxyl groups is 1. The molecule has 0 bridgehead atoms. The van der Waals surface area contributed by atoms with E-state index in [1.165, 1.54) is 14.2 Å². The van der Waals surface area contributed by atoms with Crippen LogP contribution in [0.2, 0.25) is 5.02 Å². The molecule has 0 aromatic heterocycles. The molecule has 1 unspecified atom stereocenters. The molecule has 2 aromatic rings. The molecule has 0 heterocycles. The first-order chi connectivity index (χ1) is 10.1. The quantitative estimate of drug-likeness (QED) is 0.919. The van der Waals surface area contributed by atoms with Crippen molar-refractivity contribution in [2.75, 3.05) is 21.3 Å². The lowest BCUT2D eigenvalue weighted by atomic mass is 10.0. The largest absolute Gasteiger partial charge is 0.497 e. The highest BCUT2D eigenvalue weighted by Gasteiger charge is 2.19. The summed E-state index contributed by atoms with van der Waals surface area (Å²) < 4.78 is 15.5. The molecule has 1 atom stereocenters. The lowest BCUT2D eigenvalue weighted by Crippen LogP contribution is -2.02. The first kappa shape index (κ1) is 15.5. The van der Waals surface area contributed by atoms with Crippen molar-refractivity contribution in [3.63, 3.8) is 0 Å². The van der Waals surface area contributed by atoms with E-state index in [0.29, 0.717) is 27.6 Å². The average molecular weight is 309 g/mol. The van der Waals surface area contributed by atoms with Gasteiger partial charge in [-0.25, -0.2) is 0 Å². The summed E-state index contributed by atoms with van der Waals surface area (Å²) in [6.45, 7) is 0. The molecular formula is C16H17ClO4. The Hall–Kier alpha value is -1.91. The van der Waals surface area contributed by atoms with Crippen molar-refractivity contribution >= 4 is 11.6 Å². The van der Waals surface area contributed by atoms with Gasteiger partial charge in [-0.2, -0.15) is 0 Å². The van der Waals surface area contributed by atoms with Crippen molar-refractivity contribution in [2.24, 2.45) is 0 Å². The van der Waals surface area contributed by atoms with Gasteiger partial charge in [0.15, 0.2) is 11.5 Å². The highest BCUT2D eigenvalue weighted by atomic mass is 35.5. The lowest BCUT2D eigenvalue weighted by Gasteiger charge is -2.17. The zero-order valence-electron chi connectivity index (χ0n) is 12.1. The van der Waals surface area contributed by atoms with Crippen LogP contribution in [-0.2, 0) is 0 Å². The van der Waals surface area contributed by atoms with Crippen LogP contribution < -0.4 is 14.2 Å². The molecule has 4 nitrogen and oxygen atoms in total. The molecule has 0 spiro atoms. The molecule has 0 radical (unpaired) electrons. The third kappa shape index (κ3) is 3.06. The molecule has 21 heavy (non-hydrogen) atoms. The highest BCUT2D eigenvalue weighted by molar-refractivity contribution is 6.33. The normalized spacial score (nSPS) is 11.9. The smallest absolute Gasteiger partial charge is 0.179 e. The van der Waals surface area contributed by atoms with Crippen molar-refractivity contribution in [3.8, 4) is 17.2 Å². The second kappa shape index (κ2) is 6.70. The first-order valence-electron chi connectivity index (χ1n) is 6.34. The van der Waals surface area contributed by atoms with Gasteiger partial charge >= 0.3 is 0 Å². The Labute approximate surface area is 128 Å². The van der Waals surface area contributed by atoms with Crippen molar-refractivity contribution < 1.29 is 19.3 Å².